The van der Waals surface area contributed by atoms with Crippen LogP contribution in [0.15, 0.2) is 24.3 Å². The predicted octanol–water partition coefficient (Wildman–Crippen LogP) is 4.60. The van der Waals surface area contributed by atoms with Gasteiger partial charge in [0.1, 0.15) is 0 Å². The van der Waals surface area contributed by atoms with Gasteiger partial charge in [-0.3, -0.25) is 0 Å². The minimum Gasteiger partial charge on any atom is -0.307 e. The van der Waals surface area contributed by atoms with Gasteiger partial charge in [-0.1, -0.05) is 50.9 Å². The van der Waals surface area contributed by atoms with Gasteiger partial charge < -0.3 is 5.32 Å². The predicted molar refractivity (Wildman–Crippen MR) is 76.6 cm³/mol. The molecule has 0 aliphatic rings. The summed E-state index contributed by atoms with van der Waals surface area (Å²) >= 11 is 5.95. The first-order chi connectivity index (χ1) is 7.98. The van der Waals surface area contributed by atoms with Crippen LogP contribution in [0.3, 0.4) is 0 Å². The molecule has 2 heteroatoms. The number of halogens is 1. The van der Waals surface area contributed by atoms with Crippen molar-refractivity contribution >= 4 is 11.6 Å². The van der Waals surface area contributed by atoms with Gasteiger partial charge in [0, 0.05) is 10.6 Å². The lowest BCUT2D eigenvalue weighted by Crippen LogP contribution is -2.41. The van der Waals surface area contributed by atoms with Crippen molar-refractivity contribution in [3.05, 3.63) is 34.9 Å². The molecule has 0 bridgehead atoms. The maximum atomic E-state index is 5.95. The summed E-state index contributed by atoms with van der Waals surface area (Å²) < 4.78 is 0. The molecule has 0 saturated heterocycles. The van der Waals surface area contributed by atoms with E-state index >= 15 is 0 Å². The summed E-state index contributed by atoms with van der Waals surface area (Å²) in [6.07, 6.45) is 2.31. The Bertz CT molecular complexity index is 331. The van der Waals surface area contributed by atoms with Crippen molar-refractivity contribution in [2.45, 2.75) is 46.1 Å². The summed E-state index contributed by atoms with van der Waals surface area (Å²) in [5.74, 6) is 0.665. The summed E-state index contributed by atoms with van der Waals surface area (Å²) in [6.45, 7) is 10.0. The van der Waals surface area contributed by atoms with Crippen LogP contribution < -0.4 is 5.32 Å². The van der Waals surface area contributed by atoms with Gasteiger partial charge in [-0.05, 0) is 43.5 Å². The monoisotopic (exact) mass is 253 g/mol. The Labute approximate surface area is 111 Å². The second-order valence-corrected chi connectivity index (χ2v) is 5.80. The summed E-state index contributed by atoms with van der Waals surface area (Å²) in [5.41, 5.74) is 1.38. The Morgan fingerprint density at radius 3 is 2.29 bits per heavy atom. The van der Waals surface area contributed by atoms with Gasteiger partial charge in [0.2, 0.25) is 0 Å². The van der Waals surface area contributed by atoms with E-state index < -0.39 is 0 Å². The summed E-state index contributed by atoms with van der Waals surface area (Å²) in [6, 6.07) is 8.21. The van der Waals surface area contributed by atoms with Crippen molar-refractivity contribution in [3.8, 4) is 0 Å². The number of benzene rings is 1. The fourth-order valence-corrected chi connectivity index (χ4v) is 2.21. The number of hydrogen-bond acceptors (Lipinski definition) is 1. The molecule has 1 aromatic carbocycles. The van der Waals surface area contributed by atoms with E-state index in [1.165, 1.54) is 12.0 Å². The molecule has 17 heavy (non-hydrogen) atoms. The summed E-state index contributed by atoms with van der Waals surface area (Å²) in [7, 11) is 0. The van der Waals surface area contributed by atoms with Gasteiger partial charge in [0.15, 0.2) is 0 Å². The summed E-state index contributed by atoms with van der Waals surface area (Å²) in [5, 5.41) is 4.49. The summed E-state index contributed by atoms with van der Waals surface area (Å²) in [4.78, 5) is 0. The molecule has 1 atom stereocenters. The average molecular weight is 254 g/mol. The maximum absolute atomic E-state index is 5.95. The van der Waals surface area contributed by atoms with E-state index in [2.05, 4.69) is 45.1 Å². The van der Waals surface area contributed by atoms with Crippen LogP contribution in [0.5, 0.6) is 0 Å². The maximum Gasteiger partial charge on any atom is 0.0406 e. The van der Waals surface area contributed by atoms with Gasteiger partial charge in [-0.15, -0.1) is 0 Å². The van der Waals surface area contributed by atoms with Gasteiger partial charge in [-0.2, -0.15) is 0 Å². The minimum atomic E-state index is 0.0591. The largest absolute Gasteiger partial charge is 0.307 e. The molecule has 0 fully saturated rings. The van der Waals surface area contributed by atoms with Gasteiger partial charge in [0.05, 0.1) is 0 Å². The first-order valence-electron chi connectivity index (χ1n) is 6.49. The zero-order chi connectivity index (χ0) is 12.9. The molecule has 1 aromatic rings. The highest BCUT2D eigenvalue weighted by Gasteiger charge is 2.24. The molecule has 0 amide bonds. The Morgan fingerprint density at radius 2 is 1.82 bits per heavy atom. The molecule has 0 saturated carbocycles. The number of nitrogens with one attached hydrogen (secondary N) is 1. The molecule has 1 rings (SSSR count). The third kappa shape index (κ3) is 4.33. The molecule has 0 heterocycles. The third-order valence-corrected chi connectivity index (χ3v) is 3.38. The van der Waals surface area contributed by atoms with Crippen LogP contribution in [0, 0.1) is 5.92 Å². The molecule has 0 spiro atoms. The van der Waals surface area contributed by atoms with Gasteiger partial charge in [0.25, 0.3) is 0 Å². The van der Waals surface area contributed by atoms with Crippen molar-refractivity contribution in [1.29, 1.82) is 0 Å². The van der Waals surface area contributed by atoms with Crippen LogP contribution >= 0.6 is 11.6 Å². The standard InChI is InChI=1S/C15H24ClN/c1-5-10-15(4,17-11-12(2)3)13-6-8-14(16)9-7-13/h6-9,12,17H,5,10-11H2,1-4H3. The molecule has 0 aliphatic heterocycles. The molecular formula is C15H24ClN. The molecule has 1 nitrogen and oxygen atoms in total. The van der Waals surface area contributed by atoms with Gasteiger partial charge in [-0.25, -0.2) is 0 Å². The molecular weight excluding hydrogens is 230 g/mol. The fourth-order valence-electron chi connectivity index (χ4n) is 2.08. The van der Waals surface area contributed by atoms with E-state index in [0.717, 1.165) is 18.0 Å². The van der Waals surface area contributed by atoms with Crippen LogP contribution in [0.1, 0.15) is 46.1 Å². The first kappa shape index (κ1) is 14.5. The lowest BCUT2D eigenvalue weighted by Gasteiger charge is -2.32. The fraction of sp³-hybridized carbons (Fsp3) is 0.600. The molecule has 0 aromatic heterocycles. The Morgan fingerprint density at radius 1 is 1.24 bits per heavy atom. The quantitative estimate of drug-likeness (QED) is 0.781. The second kappa shape index (κ2) is 6.42. The SMILES string of the molecule is CCCC(C)(NCC(C)C)c1ccc(Cl)cc1. The van der Waals surface area contributed by atoms with Crippen molar-refractivity contribution in [2.75, 3.05) is 6.54 Å². The van der Waals surface area contributed by atoms with Crippen molar-refractivity contribution in [2.24, 2.45) is 5.92 Å². The van der Waals surface area contributed by atoms with Crippen molar-refractivity contribution < 1.29 is 0 Å². The average Bonchev–Trinajstić information content (AvgIpc) is 2.28. The molecule has 1 unspecified atom stereocenters. The zero-order valence-corrected chi connectivity index (χ0v) is 12.1. The van der Waals surface area contributed by atoms with Crippen LogP contribution in [-0.4, -0.2) is 6.54 Å². The highest BCUT2D eigenvalue weighted by atomic mass is 35.5. The molecule has 0 aliphatic carbocycles. The topological polar surface area (TPSA) is 12.0 Å². The highest BCUT2D eigenvalue weighted by Crippen LogP contribution is 2.27. The number of hydrogen-bond donors (Lipinski definition) is 1. The van der Waals surface area contributed by atoms with E-state index in [0.29, 0.717) is 5.92 Å². The smallest absolute Gasteiger partial charge is 0.0406 e. The van der Waals surface area contributed by atoms with E-state index in [1.807, 2.05) is 12.1 Å². The van der Waals surface area contributed by atoms with E-state index in [4.69, 9.17) is 11.6 Å². The van der Waals surface area contributed by atoms with Crippen LogP contribution in [0.25, 0.3) is 0 Å². The molecule has 96 valence electrons. The highest BCUT2D eigenvalue weighted by molar-refractivity contribution is 6.30. The van der Waals surface area contributed by atoms with Gasteiger partial charge >= 0.3 is 0 Å². The van der Waals surface area contributed by atoms with Crippen LogP contribution in [0.4, 0.5) is 0 Å². The van der Waals surface area contributed by atoms with E-state index in [-0.39, 0.29) is 5.54 Å². The second-order valence-electron chi connectivity index (χ2n) is 5.36. The normalized spacial score (nSPS) is 14.9. The minimum absolute atomic E-state index is 0.0591. The number of rotatable bonds is 6. The lowest BCUT2D eigenvalue weighted by atomic mass is 9.87. The van der Waals surface area contributed by atoms with E-state index in [1.54, 1.807) is 0 Å². The third-order valence-electron chi connectivity index (χ3n) is 3.13. The van der Waals surface area contributed by atoms with Crippen LogP contribution in [-0.2, 0) is 5.54 Å². The molecule has 1 N–H and O–H groups in total. The van der Waals surface area contributed by atoms with Crippen molar-refractivity contribution in [1.82, 2.24) is 5.32 Å². The van der Waals surface area contributed by atoms with Crippen molar-refractivity contribution in [3.63, 3.8) is 0 Å². The lowest BCUT2D eigenvalue weighted by molar-refractivity contribution is 0.318. The Kier molecular flexibility index (Phi) is 5.48. The first-order valence-corrected chi connectivity index (χ1v) is 6.87. The Balaban J connectivity index is 2.85. The van der Waals surface area contributed by atoms with E-state index in [9.17, 15) is 0 Å². The Hall–Kier alpha value is -0.530. The molecule has 0 radical (unpaired) electrons. The van der Waals surface area contributed by atoms with Crippen LogP contribution in [0.2, 0.25) is 5.02 Å². The zero-order valence-electron chi connectivity index (χ0n) is 11.4.